The lowest BCUT2D eigenvalue weighted by atomic mass is 10.2. The lowest BCUT2D eigenvalue weighted by Gasteiger charge is -2.07. The van der Waals surface area contributed by atoms with E-state index in [4.69, 9.17) is 10.7 Å². The van der Waals surface area contributed by atoms with Gasteiger partial charge in [-0.15, -0.1) is 11.3 Å². The van der Waals surface area contributed by atoms with Crippen LogP contribution in [0, 0.1) is 0 Å². The summed E-state index contributed by atoms with van der Waals surface area (Å²) in [6, 6.07) is 6.00. The fraction of sp³-hybridized carbons (Fsp3) is 0.267. The predicted molar refractivity (Wildman–Crippen MR) is 87.6 cm³/mol. The highest BCUT2D eigenvalue weighted by atomic mass is 32.1. The minimum Gasteiger partial charge on any atom is -0.368 e. The molecule has 21 heavy (non-hydrogen) atoms. The number of hydrogen-bond acceptors (Lipinski definition) is 6. The summed E-state index contributed by atoms with van der Waals surface area (Å²) in [5.74, 6) is 1.57. The van der Waals surface area contributed by atoms with Crippen molar-refractivity contribution in [1.29, 1.82) is 0 Å². The second-order valence-corrected chi connectivity index (χ2v) is 5.75. The number of anilines is 1. The molecule has 0 aromatic carbocycles. The Morgan fingerprint density at radius 1 is 1.24 bits per heavy atom. The van der Waals surface area contributed by atoms with Crippen molar-refractivity contribution in [1.82, 2.24) is 15.0 Å². The molecule has 0 radical (unpaired) electrons. The van der Waals surface area contributed by atoms with Crippen molar-refractivity contribution in [2.45, 2.75) is 13.3 Å². The van der Waals surface area contributed by atoms with E-state index in [1.54, 1.807) is 23.7 Å². The first kappa shape index (κ1) is 13.9. The molecular weight excluding hydrogens is 282 g/mol. The van der Waals surface area contributed by atoms with Crippen LogP contribution in [0.5, 0.6) is 0 Å². The zero-order valence-electron chi connectivity index (χ0n) is 11.8. The summed E-state index contributed by atoms with van der Waals surface area (Å²) >= 11 is 1.72. The lowest BCUT2D eigenvalue weighted by Crippen LogP contribution is -2.14. The molecule has 3 aromatic heterocycles. The van der Waals surface area contributed by atoms with Crippen LogP contribution >= 0.6 is 11.3 Å². The van der Waals surface area contributed by atoms with E-state index in [0.29, 0.717) is 18.9 Å². The van der Waals surface area contributed by atoms with Crippen LogP contribution in [0.1, 0.15) is 11.8 Å². The van der Waals surface area contributed by atoms with Crippen LogP contribution in [0.25, 0.3) is 21.6 Å². The number of rotatable bonds is 5. The van der Waals surface area contributed by atoms with Crippen molar-refractivity contribution in [2.24, 2.45) is 5.73 Å². The van der Waals surface area contributed by atoms with Gasteiger partial charge < -0.3 is 11.1 Å². The lowest BCUT2D eigenvalue weighted by molar-refractivity contribution is 1.01. The van der Waals surface area contributed by atoms with E-state index >= 15 is 0 Å². The third kappa shape index (κ3) is 2.86. The smallest absolute Gasteiger partial charge is 0.163 e. The van der Waals surface area contributed by atoms with Crippen LogP contribution in [0.2, 0.25) is 0 Å². The minimum atomic E-state index is 0.570. The van der Waals surface area contributed by atoms with Crippen molar-refractivity contribution < 1.29 is 0 Å². The molecule has 0 aliphatic rings. The Hall–Kier alpha value is -2.05. The van der Waals surface area contributed by atoms with Crippen LogP contribution < -0.4 is 11.1 Å². The molecule has 3 N–H and O–H groups in total. The number of nitrogens with two attached hydrogens (primary N) is 1. The van der Waals surface area contributed by atoms with Gasteiger partial charge in [0.2, 0.25) is 0 Å². The summed E-state index contributed by atoms with van der Waals surface area (Å²) in [6.07, 6.45) is 4.51. The van der Waals surface area contributed by atoms with E-state index in [1.165, 1.54) is 4.88 Å². The molecule has 0 saturated carbocycles. The number of nitrogens with one attached hydrogen (secondary N) is 1. The maximum atomic E-state index is 5.59. The molecule has 0 bridgehead atoms. The van der Waals surface area contributed by atoms with Crippen LogP contribution in [-0.2, 0) is 6.42 Å². The van der Waals surface area contributed by atoms with Gasteiger partial charge in [0, 0.05) is 35.9 Å². The van der Waals surface area contributed by atoms with Crippen LogP contribution in [0.4, 0.5) is 5.82 Å². The van der Waals surface area contributed by atoms with Gasteiger partial charge in [-0.05, 0) is 24.6 Å². The van der Waals surface area contributed by atoms with Gasteiger partial charge in [-0.3, -0.25) is 4.98 Å². The molecule has 3 rings (SSSR count). The zero-order valence-corrected chi connectivity index (χ0v) is 12.7. The van der Waals surface area contributed by atoms with E-state index in [2.05, 4.69) is 28.3 Å². The van der Waals surface area contributed by atoms with Gasteiger partial charge in [0.15, 0.2) is 5.82 Å². The van der Waals surface area contributed by atoms with Gasteiger partial charge in [-0.1, -0.05) is 6.92 Å². The fourth-order valence-electron chi connectivity index (χ4n) is 2.10. The Kier molecular flexibility index (Phi) is 4.08. The van der Waals surface area contributed by atoms with E-state index in [9.17, 15) is 0 Å². The minimum absolute atomic E-state index is 0.570. The van der Waals surface area contributed by atoms with Crippen molar-refractivity contribution in [2.75, 3.05) is 18.4 Å². The standard InChI is InChI=1S/C15H17N5S/c1-2-11-9-12-14(18-8-5-16)19-13(20-15(12)21-11)10-3-6-17-7-4-10/h3-4,6-7,9H,2,5,8,16H2,1H3,(H,18,19,20). The first-order valence-corrected chi connectivity index (χ1v) is 7.78. The normalized spacial score (nSPS) is 11.0. The van der Waals surface area contributed by atoms with Crippen molar-refractivity contribution >= 4 is 27.4 Å². The maximum Gasteiger partial charge on any atom is 0.163 e. The molecule has 0 amide bonds. The molecule has 0 aliphatic carbocycles. The third-order valence-electron chi connectivity index (χ3n) is 3.17. The Morgan fingerprint density at radius 3 is 2.76 bits per heavy atom. The van der Waals surface area contributed by atoms with Gasteiger partial charge in [0.05, 0.1) is 5.39 Å². The number of aromatic nitrogens is 3. The summed E-state index contributed by atoms with van der Waals surface area (Å²) in [6.45, 7) is 3.41. The molecule has 0 unspecified atom stereocenters. The number of hydrogen-bond donors (Lipinski definition) is 2. The molecule has 5 nitrogen and oxygen atoms in total. The van der Waals surface area contributed by atoms with E-state index in [-0.39, 0.29) is 0 Å². The largest absolute Gasteiger partial charge is 0.368 e. The molecule has 0 saturated heterocycles. The fourth-order valence-corrected chi connectivity index (χ4v) is 3.07. The van der Waals surface area contributed by atoms with Gasteiger partial charge >= 0.3 is 0 Å². The average Bonchev–Trinajstić information content (AvgIpc) is 2.96. The number of nitrogens with zero attached hydrogens (tertiary/aromatic N) is 3. The van der Waals surface area contributed by atoms with Crippen LogP contribution in [0.15, 0.2) is 30.6 Å². The summed E-state index contributed by atoms with van der Waals surface area (Å²) in [4.78, 5) is 15.7. The Balaban J connectivity index is 2.13. The maximum absolute atomic E-state index is 5.59. The summed E-state index contributed by atoms with van der Waals surface area (Å²) in [7, 11) is 0. The number of fused-ring (bicyclic) bond motifs is 1. The third-order valence-corrected chi connectivity index (χ3v) is 4.34. The Labute approximate surface area is 127 Å². The van der Waals surface area contributed by atoms with Crippen molar-refractivity contribution in [3.8, 4) is 11.4 Å². The average molecular weight is 299 g/mol. The number of thiophene rings is 1. The van der Waals surface area contributed by atoms with Crippen LogP contribution in [0.3, 0.4) is 0 Å². The monoisotopic (exact) mass is 299 g/mol. The Bertz CT molecular complexity index is 738. The molecule has 3 heterocycles. The van der Waals surface area contributed by atoms with Gasteiger partial charge in [-0.2, -0.15) is 0 Å². The van der Waals surface area contributed by atoms with E-state index < -0.39 is 0 Å². The number of pyridine rings is 1. The van der Waals surface area contributed by atoms with Gasteiger partial charge in [0.25, 0.3) is 0 Å². The van der Waals surface area contributed by atoms with Gasteiger partial charge in [0.1, 0.15) is 10.6 Å². The predicted octanol–water partition coefficient (Wildman–Crippen LogP) is 2.69. The van der Waals surface area contributed by atoms with Gasteiger partial charge in [-0.25, -0.2) is 9.97 Å². The molecule has 6 heteroatoms. The first-order chi connectivity index (χ1) is 10.3. The second kappa shape index (κ2) is 6.15. The summed E-state index contributed by atoms with van der Waals surface area (Å²) in [5.41, 5.74) is 6.56. The summed E-state index contributed by atoms with van der Waals surface area (Å²) in [5, 5.41) is 4.37. The molecule has 108 valence electrons. The highest BCUT2D eigenvalue weighted by Crippen LogP contribution is 2.31. The highest BCUT2D eigenvalue weighted by Gasteiger charge is 2.12. The quantitative estimate of drug-likeness (QED) is 0.757. The molecular formula is C15H17N5S. The topological polar surface area (TPSA) is 76.7 Å². The molecule has 3 aromatic rings. The summed E-state index contributed by atoms with van der Waals surface area (Å²) < 4.78 is 0. The van der Waals surface area contributed by atoms with E-state index in [0.717, 1.165) is 28.0 Å². The Morgan fingerprint density at radius 2 is 2.05 bits per heavy atom. The van der Waals surface area contributed by atoms with E-state index in [1.807, 2.05) is 12.1 Å². The molecule has 0 atom stereocenters. The number of aryl methyl sites for hydroxylation is 1. The molecule has 0 fully saturated rings. The SMILES string of the molecule is CCc1cc2c(NCCN)nc(-c3ccncc3)nc2s1. The van der Waals surface area contributed by atoms with Crippen LogP contribution in [-0.4, -0.2) is 28.0 Å². The molecule has 0 spiro atoms. The van der Waals surface area contributed by atoms with Crippen molar-refractivity contribution in [3.05, 3.63) is 35.5 Å². The molecule has 0 aliphatic heterocycles. The first-order valence-electron chi connectivity index (χ1n) is 6.96. The van der Waals surface area contributed by atoms with Crippen molar-refractivity contribution in [3.63, 3.8) is 0 Å². The second-order valence-electron chi connectivity index (χ2n) is 4.63. The highest BCUT2D eigenvalue weighted by molar-refractivity contribution is 7.18. The zero-order chi connectivity index (χ0) is 14.7.